The third-order valence-electron chi connectivity index (χ3n) is 4.89. The van der Waals surface area contributed by atoms with Crippen LogP contribution in [0.2, 0.25) is 0 Å². The molecule has 0 saturated carbocycles. The summed E-state index contributed by atoms with van der Waals surface area (Å²) in [4.78, 5) is 7.71. The highest BCUT2D eigenvalue weighted by Crippen LogP contribution is 2.36. The lowest BCUT2D eigenvalue weighted by atomic mass is 9.96. The van der Waals surface area contributed by atoms with E-state index in [-0.39, 0.29) is 11.8 Å². The fourth-order valence-electron chi connectivity index (χ4n) is 3.48. The molecule has 2 aromatic heterocycles. The largest absolute Gasteiger partial charge is 0.505 e. The maximum Gasteiger partial charge on any atom is 0.273 e. The average Bonchev–Trinajstić information content (AvgIpc) is 2.77. The molecule has 4 aromatic rings. The number of H-pyrrole nitrogens is 1. The number of ether oxygens (including phenoxy) is 1. The number of fused-ring (bicyclic) bond motifs is 1. The van der Waals surface area contributed by atoms with Crippen molar-refractivity contribution in [2.75, 3.05) is 11.9 Å². The topological polar surface area (TPSA) is 68.5 Å². The highest BCUT2D eigenvalue weighted by Gasteiger charge is 2.24. The molecule has 0 fully saturated rings. The molecule has 2 aromatic carbocycles. The van der Waals surface area contributed by atoms with Crippen LogP contribution in [0, 0.1) is 6.92 Å². The summed E-state index contributed by atoms with van der Waals surface area (Å²) in [5.74, 6) is 1.75. The van der Waals surface area contributed by atoms with Crippen LogP contribution in [0.1, 0.15) is 22.9 Å². The molecule has 0 amide bonds. The molecule has 5 nitrogen and oxygen atoms in total. The number of nitrogens with one attached hydrogen (secondary N) is 2. The maximum atomic E-state index is 11.1. The van der Waals surface area contributed by atoms with Crippen LogP contribution in [0.3, 0.4) is 0 Å². The standard InChI is InChI=1S/C25H23N3O2/c1-3-15-30-20-10-5-8-19(16-20)23(28-22-11-4-7-17(2)27-22)21-13-12-18-9-6-14-26-24(18)25(21)29/h3-14,16,23,29H,1,15H2,2H3,(H,27,28)/p+1/t23-/m1/s1. The number of rotatable bonds is 7. The minimum absolute atomic E-state index is 0.163. The number of hydrogen-bond acceptors (Lipinski definition) is 4. The van der Waals surface area contributed by atoms with Crippen LogP contribution >= 0.6 is 0 Å². The molecule has 0 aliphatic carbocycles. The molecular formula is C25H24N3O2+. The van der Waals surface area contributed by atoms with E-state index in [1.165, 1.54) is 0 Å². The molecule has 0 aliphatic heterocycles. The van der Waals surface area contributed by atoms with Crippen molar-refractivity contribution in [3.8, 4) is 11.5 Å². The van der Waals surface area contributed by atoms with E-state index in [2.05, 4.69) is 21.9 Å². The van der Waals surface area contributed by atoms with Gasteiger partial charge in [-0.15, -0.1) is 0 Å². The highest BCUT2D eigenvalue weighted by atomic mass is 16.5. The zero-order valence-corrected chi connectivity index (χ0v) is 16.8. The second kappa shape index (κ2) is 8.66. The quantitative estimate of drug-likeness (QED) is 0.438. The number of phenols is 1. The Hall–Kier alpha value is -3.86. The Bertz CT molecular complexity index is 1190. The van der Waals surface area contributed by atoms with Crippen molar-refractivity contribution in [1.82, 2.24) is 4.98 Å². The Morgan fingerprint density at radius 1 is 1.13 bits per heavy atom. The summed E-state index contributed by atoms with van der Waals surface area (Å²) < 4.78 is 5.72. The molecule has 150 valence electrons. The molecule has 0 unspecified atom stereocenters. The third kappa shape index (κ3) is 4.10. The number of aromatic hydroxyl groups is 1. The lowest BCUT2D eigenvalue weighted by Crippen LogP contribution is -2.20. The van der Waals surface area contributed by atoms with Crippen LogP contribution in [-0.4, -0.2) is 16.7 Å². The maximum absolute atomic E-state index is 11.1. The van der Waals surface area contributed by atoms with E-state index in [4.69, 9.17) is 4.74 Å². The number of pyridine rings is 2. The third-order valence-corrected chi connectivity index (χ3v) is 4.89. The van der Waals surface area contributed by atoms with Gasteiger partial charge in [-0.05, 0) is 37.3 Å². The number of phenolic OH excluding ortho intramolecular Hbond substituents is 1. The number of aryl methyl sites for hydroxylation is 1. The second-order valence-corrected chi connectivity index (χ2v) is 7.08. The van der Waals surface area contributed by atoms with Crippen LogP contribution in [0.25, 0.3) is 10.9 Å². The first-order chi connectivity index (χ1) is 14.7. The van der Waals surface area contributed by atoms with Gasteiger partial charge in [0.2, 0.25) is 0 Å². The summed E-state index contributed by atoms with van der Waals surface area (Å²) in [6, 6.07) is 21.2. The van der Waals surface area contributed by atoms with Crippen LogP contribution in [0.5, 0.6) is 11.5 Å². The summed E-state index contributed by atoms with van der Waals surface area (Å²) in [5.41, 5.74) is 3.30. The van der Waals surface area contributed by atoms with Gasteiger partial charge in [-0.25, -0.2) is 4.98 Å². The number of aromatic amines is 1. The minimum atomic E-state index is -0.318. The smallest absolute Gasteiger partial charge is 0.273 e. The van der Waals surface area contributed by atoms with E-state index in [9.17, 15) is 5.11 Å². The van der Waals surface area contributed by atoms with Gasteiger partial charge < -0.3 is 9.84 Å². The summed E-state index contributed by atoms with van der Waals surface area (Å²) >= 11 is 0. The molecule has 0 saturated heterocycles. The number of nitrogens with zero attached hydrogens (tertiary/aromatic N) is 1. The van der Waals surface area contributed by atoms with Crippen molar-refractivity contribution in [3.63, 3.8) is 0 Å². The Labute approximate surface area is 175 Å². The number of aromatic nitrogens is 2. The van der Waals surface area contributed by atoms with Crippen molar-refractivity contribution < 1.29 is 14.8 Å². The van der Waals surface area contributed by atoms with Crippen LogP contribution < -0.4 is 15.0 Å². The Morgan fingerprint density at radius 2 is 2.00 bits per heavy atom. The van der Waals surface area contributed by atoms with Crippen molar-refractivity contribution in [3.05, 3.63) is 102 Å². The monoisotopic (exact) mass is 398 g/mol. The summed E-state index contributed by atoms with van der Waals surface area (Å²) in [6.45, 7) is 6.13. The Morgan fingerprint density at radius 3 is 2.83 bits per heavy atom. The van der Waals surface area contributed by atoms with E-state index in [0.29, 0.717) is 12.1 Å². The first-order valence-electron chi connectivity index (χ1n) is 9.81. The van der Waals surface area contributed by atoms with Gasteiger partial charge in [-0.2, -0.15) is 0 Å². The van der Waals surface area contributed by atoms with Gasteiger partial charge in [-0.1, -0.05) is 43.0 Å². The summed E-state index contributed by atoms with van der Waals surface area (Å²) in [5, 5.41) is 15.5. The van der Waals surface area contributed by atoms with Gasteiger partial charge in [0, 0.05) is 28.8 Å². The van der Waals surface area contributed by atoms with Gasteiger partial charge in [0.15, 0.2) is 0 Å². The zero-order chi connectivity index (χ0) is 20.9. The number of benzene rings is 2. The Balaban J connectivity index is 1.82. The average molecular weight is 398 g/mol. The van der Waals surface area contributed by atoms with E-state index >= 15 is 0 Å². The van der Waals surface area contributed by atoms with Crippen molar-refractivity contribution >= 4 is 16.7 Å². The summed E-state index contributed by atoms with van der Waals surface area (Å²) in [7, 11) is 0. The summed E-state index contributed by atoms with van der Waals surface area (Å²) in [6.07, 6.45) is 3.40. The van der Waals surface area contributed by atoms with Crippen molar-refractivity contribution in [1.29, 1.82) is 0 Å². The second-order valence-electron chi connectivity index (χ2n) is 7.08. The molecular weight excluding hydrogens is 374 g/mol. The fourth-order valence-corrected chi connectivity index (χ4v) is 3.48. The van der Waals surface area contributed by atoms with Crippen LogP contribution in [0.15, 0.2) is 85.6 Å². The molecule has 1 atom stereocenters. The molecule has 30 heavy (non-hydrogen) atoms. The lowest BCUT2D eigenvalue weighted by molar-refractivity contribution is -0.371. The number of anilines is 1. The molecule has 4 rings (SSSR count). The predicted octanol–water partition coefficient (Wildman–Crippen LogP) is 4.83. The Kier molecular flexibility index (Phi) is 5.61. The van der Waals surface area contributed by atoms with Crippen molar-refractivity contribution in [2.45, 2.75) is 13.0 Å². The van der Waals surface area contributed by atoms with Crippen LogP contribution in [-0.2, 0) is 0 Å². The minimum Gasteiger partial charge on any atom is -0.505 e. The molecule has 0 radical (unpaired) electrons. The normalized spacial score (nSPS) is 11.8. The SMILES string of the molecule is C=CCOc1cccc([C@@H](Nc2cccc(C)[nH+]2)c2ccc3cccnc3c2O)c1. The predicted molar refractivity (Wildman–Crippen MR) is 119 cm³/mol. The van der Waals surface area contributed by atoms with Gasteiger partial charge in [0.25, 0.3) is 5.82 Å². The molecule has 2 heterocycles. The fraction of sp³-hybridized carbons (Fsp3) is 0.120. The van der Waals surface area contributed by atoms with Crippen LogP contribution in [0.4, 0.5) is 5.82 Å². The first-order valence-corrected chi connectivity index (χ1v) is 9.81. The highest BCUT2D eigenvalue weighted by molar-refractivity contribution is 5.86. The molecule has 0 spiro atoms. The van der Waals surface area contributed by atoms with Gasteiger partial charge in [0.05, 0.1) is 5.69 Å². The molecule has 0 aliphatic rings. The van der Waals surface area contributed by atoms with Gasteiger partial charge >= 0.3 is 0 Å². The van der Waals surface area contributed by atoms with Crippen molar-refractivity contribution in [2.24, 2.45) is 0 Å². The van der Waals surface area contributed by atoms with Gasteiger partial charge in [0.1, 0.15) is 29.7 Å². The van der Waals surface area contributed by atoms with E-state index in [0.717, 1.165) is 33.8 Å². The van der Waals surface area contributed by atoms with E-state index in [1.54, 1.807) is 12.3 Å². The van der Waals surface area contributed by atoms with E-state index < -0.39 is 0 Å². The zero-order valence-electron chi connectivity index (χ0n) is 16.8. The van der Waals surface area contributed by atoms with Gasteiger partial charge in [-0.3, -0.25) is 10.3 Å². The molecule has 5 heteroatoms. The molecule has 3 N–H and O–H groups in total. The molecule has 0 bridgehead atoms. The first kappa shape index (κ1) is 19.5. The van der Waals surface area contributed by atoms with E-state index in [1.807, 2.05) is 73.7 Å². The lowest BCUT2D eigenvalue weighted by Gasteiger charge is -2.18. The number of hydrogen-bond donors (Lipinski definition) is 2.